The van der Waals surface area contributed by atoms with Crippen LogP contribution in [0.5, 0.6) is 0 Å². The van der Waals surface area contributed by atoms with E-state index in [2.05, 4.69) is 4.90 Å². The molecular formula is C17H18N4O3. The molecule has 0 spiro atoms. The Morgan fingerprint density at radius 1 is 1.29 bits per heavy atom. The van der Waals surface area contributed by atoms with Crippen LogP contribution in [0.15, 0.2) is 30.5 Å². The zero-order chi connectivity index (χ0) is 17.1. The SMILES string of the molecule is COC(=O)c1c(N)c(C#N)cn1-c1ccccc1N1CCOCC1. The largest absolute Gasteiger partial charge is 0.464 e. The Labute approximate surface area is 139 Å². The van der Waals surface area contributed by atoms with Gasteiger partial charge in [-0.05, 0) is 12.1 Å². The maximum Gasteiger partial charge on any atom is 0.357 e. The van der Waals surface area contributed by atoms with Crippen molar-refractivity contribution in [1.29, 1.82) is 5.26 Å². The third-order valence-corrected chi connectivity index (χ3v) is 4.04. The first-order chi connectivity index (χ1) is 11.7. The second kappa shape index (κ2) is 6.64. The van der Waals surface area contributed by atoms with Gasteiger partial charge in [-0.25, -0.2) is 4.79 Å². The zero-order valence-corrected chi connectivity index (χ0v) is 13.4. The number of aromatic nitrogens is 1. The predicted octanol–water partition coefficient (Wildman–Crippen LogP) is 1.55. The number of ether oxygens (including phenoxy) is 2. The number of nitrogen functional groups attached to an aromatic ring is 1. The summed E-state index contributed by atoms with van der Waals surface area (Å²) >= 11 is 0. The highest BCUT2D eigenvalue weighted by Gasteiger charge is 2.24. The van der Waals surface area contributed by atoms with Crippen LogP contribution in [0.3, 0.4) is 0 Å². The predicted molar refractivity (Wildman–Crippen MR) is 89.3 cm³/mol. The minimum atomic E-state index is -0.578. The van der Waals surface area contributed by atoms with Crippen molar-refractivity contribution in [1.82, 2.24) is 4.57 Å². The molecule has 24 heavy (non-hydrogen) atoms. The van der Waals surface area contributed by atoms with Crippen molar-refractivity contribution in [2.75, 3.05) is 44.0 Å². The van der Waals surface area contributed by atoms with Gasteiger partial charge in [0.15, 0.2) is 5.69 Å². The van der Waals surface area contributed by atoms with Crippen molar-refractivity contribution in [3.05, 3.63) is 41.7 Å². The van der Waals surface area contributed by atoms with E-state index < -0.39 is 5.97 Å². The number of esters is 1. The Morgan fingerprint density at radius 2 is 1.96 bits per heavy atom. The van der Waals surface area contributed by atoms with Gasteiger partial charge in [-0.1, -0.05) is 12.1 Å². The lowest BCUT2D eigenvalue weighted by molar-refractivity contribution is 0.0593. The summed E-state index contributed by atoms with van der Waals surface area (Å²) in [6.45, 7) is 2.81. The monoisotopic (exact) mass is 326 g/mol. The minimum Gasteiger partial charge on any atom is -0.464 e. The highest BCUT2D eigenvalue weighted by atomic mass is 16.5. The number of para-hydroxylation sites is 2. The van der Waals surface area contributed by atoms with E-state index in [-0.39, 0.29) is 16.9 Å². The molecule has 124 valence electrons. The number of rotatable bonds is 3. The van der Waals surface area contributed by atoms with Gasteiger partial charge in [0.1, 0.15) is 6.07 Å². The molecule has 2 heterocycles. The fraction of sp³-hybridized carbons (Fsp3) is 0.294. The van der Waals surface area contributed by atoms with Gasteiger partial charge in [0.2, 0.25) is 0 Å². The molecular weight excluding hydrogens is 308 g/mol. The minimum absolute atomic E-state index is 0.126. The molecule has 7 heteroatoms. The summed E-state index contributed by atoms with van der Waals surface area (Å²) in [4.78, 5) is 14.4. The number of benzene rings is 1. The average Bonchev–Trinajstić information content (AvgIpc) is 2.98. The number of hydrogen-bond acceptors (Lipinski definition) is 6. The maximum atomic E-state index is 12.2. The number of carbonyl (C=O) groups is 1. The molecule has 1 fully saturated rings. The number of methoxy groups -OCH3 is 1. The Hall–Kier alpha value is -2.98. The van der Waals surface area contributed by atoms with Gasteiger partial charge < -0.3 is 24.7 Å². The number of nitrogens with two attached hydrogens (primary N) is 1. The molecule has 1 aromatic heterocycles. The standard InChI is InChI=1S/C17H18N4O3/c1-23-17(22)16-15(19)12(10-18)11-21(16)14-5-3-2-4-13(14)20-6-8-24-9-7-20/h2-5,11H,6-9,19H2,1H3. The number of hydrogen-bond donors (Lipinski definition) is 1. The average molecular weight is 326 g/mol. The van der Waals surface area contributed by atoms with Gasteiger partial charge in [-0.15, -0.1) is 0 Å². The first kappa shape index (κ1) is 15.9. The van der Waals surface area contributed by atoms with Crippen molar-refractivity contribution in [2.45, 2.75) is 0 Å². The second-order valence-corrected chi connectivity index (χ2v) is 5.37. The van der Waals surface area contributed by atoms with E-state index >= 15 is 0 Å². The summed E-state index contributed by atoms with van der Waals surface area (Å²) < 4.78 is 11.9. The van der Waals surface area contributed by atoms with Crippen molar-refractivity contribution in [2.24, 2.45) is 0 Å². The molecule has 2 N–H and O–H groups in total. The van der Waals surface area contributed by atoms with Crippen LogP contribution in [0.4, 0.5) is 11.4 Å². The van der Waals surface area contributed by atoms with E-state index in [4.69, 9.17) is 15.2 Å². The molecule has 0 aliphatic carbocycles. The highest BCUT2D eigenvalue weighted by molar-refractivity contribution is 5.96. The Kier molecular flexibility index (Phi) is 4.40. The van der Waals surface area contributed by atoms with Crippen LogP contribution in [0, 0.1) is 11.3 Å². The zero-order valence-electron chi connectivity index (χ0n) is 13.4. The highest BCUT2D eigenvalue weighted by Crippen LogP contribution is 2.31. The van der Waals surface area contributed by atoms with Crippen molar-refractivity contribution >= 4 is 17.3 Å². The van der Waals surface area contributed by atoms with Crippen LogP contribution >= 0.6 is 0 Å². The number of nitrogens with zero attached hydrogens (tertiary/aromatic N) is 3. The number of morpholine rings is 1. The molecule has 0 radical (unpaired) electrons. The molecule has 1 aliphatic heterocycles. The molecule has 3 rings (SSSR count). The second-order valence-electron chi connectivity index (χ2n) is 5.37. The lowest BCUT2D eigenvalue weighted by Gasteiger charge is -2.30. The fourth-order valence-electron chi connectivity index (χ4n) is 2.84. The molecule has 1 saturated heterocycles. The van der Waals surface area contributed by atoms with Gasteiger partial charge in [0.25, 0.3) is 0 Å². The quantitative estimate of drug-likeness (QED) is 0.860. The van der Waals surface area contributed by atoms with Gasteiger partial charge in [-0.3, -0.25) is 0 Å². The molecule has 0 bridgehead atoms. The van der Waals surface area contributed by atoms with Crippen LogP contribution in [-0.2, 0) is 9.47 Å². The molecule has 0 unspecified atom stereocenters. The normalized spacial score (nSPS) is 14.2. The van der Waals surface area contributed by atoms with Crippen molar-refractivity contribution in [3.63, 3.8) is 0 Å². The van der Waals surface area contributed by atoms with E-state index in [0.29, 0.717) is 13.2 Å². The van der Waals surface area contributed by atoms with E-state index in [1.807, 2.05) is 30.3 Å². The molecule has 0 amide bonds. The van der Waals surface area contributed by atoms with Crippen molar-refractivity contribution in [3.8, 4) is 11.8 Å². The van der Waals surface area contributed by atoms with Crippen LogP contribution < -0.4 is 10.6 Å². The molecule has 0 atom stereocenters. The molecule has 7 nitrogen and oxygen atoms in total. The summed E-state index contributed by atoms with van der Waals surface area (Å²) in [5, 5.41) is 9.25. The van der Waals surface area contributed by atoms with Gasteiger partial charge in [0, 0.05) is 19.3 Å². The smallest absolute Gasteiger partial charge is 0.357 e. The molecule has 2 aromatic rings. The summed E-state index contributed by atoms with van der Waals surface area (Å²) in [5.74, 6) is -0.578. The van der Waals surface area contributed by atoms with E-state index in [9.17, 15) is 10.1 Å². The van der Waals surface area contributed by atoms with E-state index in [1.165, 1.54) is 7.11 Å². The van der Waals surface area contributed by atoms with Crippen LogP contribution in [-0.4, -0.2) is 43.9 Å². The number of nitriles is 1. The summed E-state index contributed by atoms with van der Waals surface area (Å²) in [5.41, 5.74) is 8.23. The van der Waals surface area contributed by atoms with Crippen LogP contribution in [0.2, 0.25) is 0 Å². The fourth-order valence-corrected chi connectivity index (χ4v) is 2.84. The van der Waals surface area contributed by atoms with E-state index in [0.717, 1.165) is 24.5 Å². The van der Waals surface area contributed by atoms with Crippen molar-refractivity contribution < 1.29 is 14.3 Å². The molecule has 1 aromatic carbocycles. The Bertz CT molecular complexity index is 801. The molecule has 1 aliphatic rings. The van der Waals surface area contributed by atoms with Crippen LogP contribution in [0.25, 0.3) is 5.69 Å². The first-order valence-corrected chi connectivity index (χ1v) is 7.58. The summed E-state index contributed by atoms with van der Waals surface area (Å²) in [6.07, 6.45) is 1.57. The number of anilines is 2. The van der Waals surface area contributed by atoms with E-state index in [1.54, 1.807) is 10.8 Å². The van der Waals surface area contributed by atoms with Crippen LogP contribution in [0.1, 0.15) is 16.1 Å². The third kappa shape index (κ3) is 2.68. The number of carbonyl (C=O) groups excluding carboxylic acids is 1. The Morgan fingerprint density at radius 3 is 2.58 bits per heavy atom. The van der Waals surface area contributed by atoms with Gasteiger partial charge in [0.05, 0.1) is 42.9 Å². The van der Waals surface area contributed by atoms with Gasteiger partial charge in [-0.2, -0.15) is 5.26 Å². The maximum absolute atomic E-state index is 12.2. The lowest BCUT2D eigenvalue weighted by atomic mass is 10.2. The van der Waals surface area contributed by atoms with Gasteiger partial charge >= 0.3 is 5.97 Å². The first-order valence-electron chi connectivity index (χ1n) is 7.58. The topological polar surface area (TPSA) is 93.5 Å². The lowest BCUT2D eigenvalue weighted by Crippen LogP contribution is -2.36. The summed E-state index contributed by atoms with van der Waals surface area (Å²) in [6, 6.07) is 9.69. The Balaban J connectivity index is 2.16. The third-order valence-electron chi connectivity index (χ3n) is 4.04. The summed E-state index contributed by atoms with van der Waals surface area (Å²) in [7, 11) is 1.29. The molecule has 0 saturated carbocycles.